The molecule has 0 bridgehead atoms. The van der Waals surface area contributed by atoms with Gasteiger partial charge < -0.3 is 10.6 Å². The number of halogens is 1. The van der Waals surface area contributed by atoms with E-state index in [4.69, 9.17) is 0 Å². The third-order valence-corrected chi connectivity index (χ3v) is 4.09. The predicted octanol–water partition coefficient (Wildman–Crippen LogP) is 3.39. The van der Waals surface area contributed by atoms with Gasteiger partial charge in [0.05, 0.1) is 10.2 Å². The number of anilines is 1. The molecule has 1 atom stereocenters. The molecule has 1 aromatic carbocycles. The Balaban J connectivity index is 2.06. The van der Waals surface area contributed by atoms with Crippen molar-refractivity contribution in [1.82, 2.24) is 10.3 Å². The highest BCUT2D eigenvalue weighted by Gasteiger charge is 2.13. The quantitative estimate of drug-likeness (QED) is 0.876. The van der Waals surface area contributed by atoms with Crippen LogP contribution < -0.4 is 10.6 Å². The summed E-state index contributed by atoms with van der Waals surface area (Å²) in [6.45, 7) is 4.58. The van der Waals surface area contributed by atoms with Crippen molar-refractivity contribution in [2.75, 3.05) is 11.9 Å². The maximum absolute atomic E-state index is 11.8. The lowest BCUT2D eigenvalue weighted by Crippen LogP contribution is -2.37. The molecule has 1 aromatic heterocycles. The normalized spacial score (nSPS) is 12.4. The number of rotatable bonds is 5. The van der Waals surface area contributed by atoms with Gasteiger partial charge in [-0.3, -0.25) is 4.79 Å². The van der Waals surface area contributed by atoms with Gasteiger partial charge in [0.25, 0.3) is 0 Å². The van der Waals surface area contributed by atoms with E-state index in [2.05, 4.69) is 31.5 Å². The maximum atomic E-state index is 11.8. The Hall–Kier alpha value is -1.14. The fourth-order valence-corrected chi connectivity index (χ4v) is 2.90. The van der Waals surface area contributed by atoms with Gasteiger partial charge in [-0.1, -0.05) is 34.2 Å². The van der Waals surface area contributed by atoms with E-state index in [0.717, 1.165) is 26.2 Å². The molecule has 102 valence electrons. The maximum Gasteiger partial charge on any atom is 0.242 e. The molecule has 2 aromatic rings. The Morgan fingerprint density at radius 1 is 1.53 bits per heavy atom. The number of thiazole rings is 1. The first kappa shape index (κ1) is 14.3. The minimum Gasteiger partial charge on any atom is -0.354 e. The smallest absolute Gasteiger partial charge is 0.242 e. The van der Waals surface area contributed by atoms with Crippen LogP contribution in [0.4, 0.5) is 5.13 Å². The van der Waals surface area contributed by atoms with E-state index in [1.54, 1.807) is 11.3 Å². The second kappa shape index (κ2) is 6.34. The van der Waals surface area contributed by atoms with Gasteiger partial charge in [-0.15, -0.1) is 0 Å². The molecule has 0 saturated carbocycles. The number of carbonyl (C=O) groups excluding carboxylic acids is 1. The Labute approximate surface area is 124 Å². The van der Waals surface area contributed by atoms with E-state index in [-0.39, 0.29) is 11.9 Å². The van der Waals surface area contributed by atoms with Crippen molar-refractivity contribution in [3.63, 3.8) is 0 Å². The fraction of sp³-hybridized carbons (Fsp3) is 0.385. The summed E-state index contributed by atoms with van der Waals surface area (Å²) in [5, 5.41) is 6.77. The van der Waals surface area contributed by atoms with Crippen molar-refractivity contribution in [1.29, 1.82) is 0 Å². The summed E-state index contributed by atoms with van der Waals surface area (Å²) in [5.74, 6) is 0.00212. The van der Waals surface area contributed by atoms with E-state index in [0.29, 0.717) is 6.54 Å². The van der Waals surface area contributed by atoms with Crippen LogP contribution in [0.1, 0.15) is 20.3 Å². The number of nitrogens with one attached hydrogen (secondary N) is 2. The van der Waals surface area contributed by atoms with Gasteiger partial charge in [-0.25, -0.2) is 4.98 Å². The molecule has 2 rings (SSSR count). The zero-order valence-electron chi connectivity index (χ0n) is 10.9. The third-order valence-electron chi connectivity index (χ3n) is 2.63. The summed E-state index contributed by atoms with van der Waals surface area (Å²) >= 11 is 4.98. The number of aromatic nitrogens is 1. The number of nitrogens with zero attached hydrogens (tertiary/aromatic N) is 1. The van der Waals surface area contributed by atoms with E-state index in [1.807, 2.05) is 32.0 Å². The van der Waals surface area contributed by atoms with Gasteiger partial charge in [0.1, 0.15) is 6.04 Å². The van der Waals surface area contributed by atoms with Crippen molar-refractivity contribution < 1.29 is 4.79 Å². The van der Waals surface area contributed by atoms with Gasteiger partial charge in [0.15, 0.2) is 5.13 Å². The van der Waals surface area contributed by atoms with Gasteiger partial charge in [0.2, 0.25) is 5.91 Å². The molecule has 0 fully saturated rings. The van der Waals surface area contributed by atoms with E-state index < -0.39 is 0 Å². The molecule has 19 heavy (non-hydrogen) atoms. The Bertz CT molecular complexity index is 584. The average Bonchev–Trinajstić information content (AvgIpc) is 2.77. The number of amides is 1. The third kappa shape index (κ3) is 3.67. The second-order valence-corrected chi connectivity index (χ2v) is 6.23. The molecule has 0 aliphatic heterocycles. The molecule has 0 aliphatic rings. The van der Waals surface area contributed by atoms with Crippen molar-refractivity contribution >= 4 is 48.5 Å². The van der Waals surface area contributed by atoms with Gasteiger partial charge in [-0.05, 0) is 31.5 Å². The van der Waals surface area contributed by atoms with E-state index >= 15 is 0 Å². The van der Waals surface area contributed by atoms with Gasteiger partial charge in [-0.2, -0.15) is 0 Å². The number of hydrogen-bond acceptors (Lipinski definition) is 4. The minimum atomic E-state index is -0.282. The number of carbonyl (C=O) groups is 1. The van der Waals surface area contributed by atoms with Crippen LogP contribution in [0.3, 0.4) is 0 Å². The molecule has 0 aliphatic carbocycles. The molecule has 2 N–H and O–H groups in total. The molecule has 0 radical (unpaired) electrons. The van der Waals surface area contributed by atoms with Crippen LogP contribution in [0.5, 0.6) is 0 Å². The summed E-state index contributed by atoms with van der Waals surface area (Å²) in [5.41, 5.74) is 0.933. The molecule has 6 heteroatoms. The summed E-state index contributed by atoms with van der Waals surface area (Å²) in [7, 11) is 0. The van der Waals surface area contributed by atoms with Crippen molar-refractivity contribution in [3.05, 3.63) is 22.7 Å². The van der Waals surface area contributed by atoms with Crippen molar-refractivity contribution in [2.24, 2.45) is 0 Å². The van der Waals surface area contributed by atoms with Crippen LogP contribution in [-0.2, 0) is 4.79 Å². The van der Waals surface area contributed by atoms with Crippen LogP contribution >= 0.6 is 27.3 Å². The highest BCUT2D eigenvalue weighted by molar-refractivity contribution is 9.10. The fourth-order valence-electron chi connectivity index (χ4n) is 1.61. The van der Waals surface area contributed by atoms with E-state index in [1.165, 1.54) is 0 Å². The summed E-state index contributed by atoms with van der Waals surface area (Å²) in [6.07, 6.45) is 0.938. The molecule has 1 unspecified atom stereocenters. The molecule has 0 spiro atoms. The van der Waals surface area contributed by atoms with Crippen LogP contribution in [0.2, 0.25) is 0 Å². The lowest BCUT2D eigenvalue weighted by Gasteiger charge is -2.12. The minimum absolute atomic E-state index is 0.00212. The van der Waals surface area contributed by atoms with Crippen molar-refractivity contribution in [2.45, 2.75) is 26.3 Å². The SMILES string of the molecule is CCCNC(=O)C(C)Nc1nc2cc(Br)ccc2s1. The number of fused-ring (bicyclic) bond motifs is 1. The summed E-state index contributed by atoms with van der Waals surface area (Å²) < 4.78 is 2.11. The van der Waals surface area contributed by atoms with E-state index in [9.17, 15) is 4.79 Å². The molecular formula is C13H16BrN3OS. The average molecular weight is 342 g/mol. The molecule has 4 nitrogen and oxygen atoms in total. The molecule has 1 heterocycles. The monoisotopic (exact) mass is 341 g/mol. The van der Waals surface area contributed by atoms with Crippen LogP contribution in [0.25, 0.3) is 10.2 Å². The largest absolute Gasteiger partial charge is 0.354 e. The van der Waals surface area contributed by atoms with Crippen LogP contribution in [-0.4, -0.2) is 23.5 Å². The van der Waals surface area contributed by atoms with Crippen molar-refractivity contribution in [3.8, 4) is 0 Å². The Morgan fingerprint density at radius 3 is 3.05 bits per heavy atom. The zero-order valence-corrected chi connectivity index (χ0v) is 13.3. The highest BCUT2D eigenvalue weighted by atomic mass is 79.9. The highest BCUT2D eigenvalue weighted by Crippen LogP contribution is 2.28. The zero-order chi connectivity index (χ0) is 13.8. The standard InChI is InChI=1S/C13H16BrN3OS/c1-3-6-15-12(18)8(2)16-13-17-10-7-9(14)4-5-11(10)19-13/h4-5,7-8H,3,6H2,1-2H3,(H,15,18)(H,16,17). The molecular weight excluding hydrogens is 326 g/mol. The topological polar surface area (TPSA) is 54.0 Å². The first-order chi connectivity index (χ1) is 9.10. The molecule has 1 amide bonds. The predicted molar refractivity (Wildman–Crippen MR) is 83.7 cm³/mol. The lowest BCUT2D eigenvalue weighted by molar-refractivity contribution is -0.121. The summed E-state index contributed by atoms with van der Waals surface area (Å²) in [6, 6.07) is 5.69. The molecule has 0 saturated heterocycles. The van der Waals surface area contributed by atoms with Crippen LogP contribution in [0.15, 0.2) is 22.7 Å². The second-order valence-electron chi connectivity index (χ2n) is 4.29. The summed E-state index contributed by atoms with van der Waals surface area (Å²) in [4.78, 5) is 16.2. The first-order valence-corrected chi connectivity index (χ1v) is 7.81. The Kier molecular flexibility index (Phi) is 4.76. The number of hydrogen-bond donors (Lipinski definition) is 2. The van der Waals surface area contributed by atoms with Gasteiger partial charge in [0, 0.05) is 11.0 Å². The van der Waals surface area contributed by atoms with Gasteiger partial charge >= 0.3 is 0 Å². The van der Waals surface area contributed by atoms with Crippen LogP contribution in [0, 0.1) is 0 Å². The lowest BCUT2D eigenvalue weighted by atomic mass is 10.3. The Morgan fingerprint density at radius 2 is 2.32 bits per heavy atom. The first-order valence-electron chi connectivity index (χ1n) is 6.20. The number of benzene rings is 1.